The van der Waals surface area contributed by atoms with E-state index in [0.717, 1.165) is 24.7 Å². The van der Waals surface area contributed by atoms with Gasteiger partial charge in [-0.05, 0) is 35.9 Å². The molecule has 0 saturated carbocycles. The van der Waals surface area contributed by atoms with E-state index < -0.39 is 17.3 Å². The molecule has 2 aromatic carbocycles. The molecule has 3 heterocycles. The summed E-state index contributed by atoms with van der Waals surface area (Å²) in [4.78, 5) is 30.9. The summed E-state index contributed by atoms with van der Waals surface area (Å²) in [5, 5.41) is 0.123. The Labute approximate surface area is 196 Å². The summed E-state index contributed by atoms with van der Waals surface area (Å²) in [5.41, 5.74) is 0.795. The number of amides is 1. The van der Waals surface area contributed by atoms with Gasteiger partial charge in [0, 0.05) is 26.2 Å². The van der Waals surface area contributed by atoms with Gasteiger partial charge in [0.05, 0.1) is 30.2 Å². The maximum Gasteiger partial charge on any atom is 0.290 e. The summed E-state index contributed by atoms with van der Waals surface area (Å²) in [5.74, 6) is -0.208. The third kappa shape index (κ3) is 4.10. The van der Waals surface area contributed by atoms with Crippen LogP contribution in [0.5, 0.6) is 5.75 Å². The molecule has 7 nitrogen and oxygen atoms in total. The van der Waals surface area contributed by atoms with Crippen LogP contribution >= 0.6 is 0 Å². The highest BCUT2D eigenvalue weighted by Crippen LogP contribution is 2.38. The molecule has 176 valence electrons. The standard InChI is InChI=1S/C26H25FN2O5/c1-2-13-33-19-6-3-17(4-7-19)23-22-24(30)20-16-18(27)5-8-21(20)34-25(22)26(31)29(23)10-9-28-11-14-32-15-12-28/h2-8,16,23H,1,9-15H2. The third-order valence-electron chi connectivity index (χ3n) is 6.25. The molecule has 8 heteroatoms. The van der Waals surface area contributed by atoms with Crippen molar-refractivity contribution in [1.29, 1.82) is 0 Å². The van der Waals surface area contributed by atoms with Crippen molar-refractivity contribution >= 4 is 16.9 Å². The lowest BCUT2D eigenvalue weighted by Gasteiger charge is -2.31. The van der Waals surface area contributed by atoms with Gasteiger partial charge < -0.3 is 18.8 Å². The Balaban J connectivity index is 1.56. The Bertz CT molecular complexity index is 1280. The van der Waals surface area contributed by atoms with Gasteiger partial charge in [-0.25, -0.2) is 4.39 Å². The van der Waals surface area contributed by atoms with Crippen LogP contribution in [0.2, 0.25) is 0 Å². The third-order valence-corrected chi connectivity index (χ3v) is 6.25. The van der Waals surface area contributed by atoms with E-state index in [1.165, 1.54) is 12.1 Å². The van der Waals surface area contributed by atoms with Crippen molar-refractivity contribution in [2.45, 2.75) is 6.04 Å². The molecular formula is C26H25FN2O5. The molecule has 1 aromatic heterocycles. The van der Waals surface area contributed by atoms with E-state index in [-0.39, 0.29) is 28.2 Å². The summed E-state index contributed by atoms with van der Waals surface area (Å²) in [6, 6.07) is 10.4. The summed E-state index contributed by atoms with van der Waals surface area (Å²) in [7, 11) is 0. The van der Waals surface area contributed by atoms with Gasteiger partial charge in [-0.2, -0.15) is 0 Å². The van der Waals surface area contributed by atoms with Crippen LogP contribution < -0.4 is 10.2 Å². The number of hydrogen-bond donors (Lipinski definition) is 0. The first-order valence-electron chi connectivity index (χ1n) is 11.3. The maximum absolute atomic E-state index is 13.9. The number of carbonyl (C=O) groups is 1. The fourth-order valence-electron chi connectivity index (χ4n) is 4.55. The van der Waals surface area contributed by atoms with Crippen LogP contribution in [0.1, 0.15) is 27.7 Å². The van der Waals surface area contributed by atoms with Gasteiger partial charge in [-0.15, -0.1) is 0 Å². The molecule has 1 unspecified atom stereocenters. The van der Waals surface area contributed by atoms with E-state index in [2.05, 4.69) is 11.5 Å². The van der Waals surface area contributed by atoms with Crippen molar-refractivity contribution in [2.24, 2.45) is 0 Å². The Kier molecular flexibility index (Phi) is 6.17. The van der Waals surface area contributed by atoms with Crippen LogP contribution in [0.4, 0.5) is 4.39 Å². The van der Waals surface area contributed by atoms with Gasteiger partial charge in [0.2, 0.25) is 5.76 Å². The number of rotatable bonds is 7. The molecule has 1 amide bonds. The normalized spacial score (nSPS) is 18.3. The lowest BCUT2D eigenvalue weighted by molar-refractivity contribution is 0.0314. The second-order valence-electron chi connectivity index (χ2n) is 8.34. The van der Waals surface area contributed by atoms with Crippen molar-refractivity contribution in [2.75, 3.05) is 46.0 Å². The van der Waals surface area contributed by atoms with Crippen LogP contribution in [0.15, 0.2) is 64.3 Å². The van der Waals surface area contributed by atoms with Crippen molar-refractivity contribution in [3.63, 3.8) is 0 Å². The topological polar surface area (TPSA) is 72.2 Å². The van der Waals surface area contributed by atoms with Gasteiger partial charge in [-0.3, -0.25) is 14.5 Å². The Hall–Kier alpha value is -3.49. The maximum atomic E-state index is 13.9. The number of ether oxygens (including phenoxy) is 2. The number of nitrogens with zero attached hydrogens (tertiary/aromatic N) is 2. The van der Waals surface area contributed by atoms with Crippen molar-refractivity contribution in [1.82, 2.24) is 9.80 Å². The van der Waals surface area contributed by atoms with Crippen LogP contribution in [0.25, 0.3) is 11.0 Å². The number of fused-ring (bicyclic) bond motifs is 2. The predicted octanol–water partition coefficient (Wildman–Crippen LogP) is 3.37. The quantitative estimate of drug-likeness (QED) is 0.500. The van der Waals surface area contributed by atoms with E-state index >= 15 is 0 Å². The molecule has 5 rings (SSSR count). The zero-order chi connectivity index (χ0) is 23.7. The minimum Gasteiger partial charge on any atom is -0.490 e. The summed E-state index contributed by atoms with van der Waals surface area (Å²) in [6.45, 7) is 7.95. The molecule has 0 radical (unpaired) electrons. The number of hydrogen-bond acceptors (Lipinski definition) is 6. The molecular weight excluding hydrogens is 439 g/mol. The van der Waals surface area contributed by atoms with E-state index in [1.54, 1.807) is 23.1 Å². The molecule has 0 aliphatic carbocycles. The number of halogens is 1. The molecule has 1 atom stereocenters. The number of benzene rings is 2. The van der Waals surface area contributed by atoms with Crippen molar-refractivity contribution < 1.29 is 23.1 Å². The highest BCUT2D eigenvalue weighted by molar-refractivity contribution is 5.99. The molecule has 0 bridgehead atoms. The van der Waals surface area contributed by atoms with Crippen molar-refractivity contribution in [3.05, 3.63) is 88.0 Å². The van der Waals surface area contributed by atoms with Crippen LogP contribution in [0, 0.1) is 5.82 Å². The summed E-state index contributed by atoms with van der Waals surface area (Å²) >= 11 is 0. The smallest absolute Gasteiger partial charge is 0.290 e. The Morgan fingerprint density at radius 3 is 2.59 bits per heavy atom. The van der Waals surface area contributed by atoms with Gasteiger partial charge in [0.1, 0.15) is 23.8 Å². The zero-order valence-corrected chi connectivity index (χ0v) is 18.7. The van der Waals surface area contributed by atoms with E-state index in [9.17, 15) is 14.0 Å². The molecule has 34 heavy (non-hydrogen) atoms. The number of carbonyl (C=O) groups excluding carboxylic acids is 1. The molecule has 0 N–H and O–H groups in total. The lowest BCUT2D eigenvalue weighted by atomic mass is 9.98. The summed E-state index contributed by atoms with van der Waals surface area (Å²) in [6.07, 6.45) is 1.66. The summed E-state index contributed by atoms with van der Waals surface area (Å²) < 4.78 is 30.8. The van der Waals surface area contributed by atoms with Crippen LogP contribution in [-0.4, -0.2) is 61.7 Å². The van der Waals surface area contributed by atoms with Gasteiger partial charge in [0.25, 0.3) is 5.91 Å². The first-order valence-corrected chi connectivity index (χ1v) is 11.3. The highest BCUT2D eigenvalue weighted by Gasteiger charge is 2.42. The molecule has 1 fully saturated rings. The average molecular weight is 464 g/mol. The van der Waals surface area contributed by atoms with Crippen LogP contribution in [0.3, 0.4) is 0 Å². The lowest BCUT2D eigenvalue weighted by Crippen LogP contribution is -2.42. The predicted molar refractivity (Wildman–Crippen MR) is 125 cm³/mol. The van der Waals surface area contributed by atoms with Crippen molar-refractivity contribution in [3.8, 4) is 5.75 Å². The second-order valence-corrected chi connectivity index (χ2v) is 8.34. The molecule has 0 spiro atoms. The van der Waals surface area contributed by atoms with E-state index in [1.807, 2.05) is 12.1 Å². The molecule has 2 aliphatic heterocycles. The minimum atomic E-state index is -0.638. The first-order chi connectivity index (χ1) is 16.6. The SMILES string of the molecule is C=CCOc1ccc(C2c3c(oc4ccc(F)cc4c3=O)C(=O)N2CCN2CCOCC2)cc1. The van der Waals surface area contributed by atoms with Crippen LogP contribution in [-0.2, 0) is 4.74 Å². The fourth-order valence-corrected chi connectivity index (χ4v) is 4.55. The van der Waals surface area contributed by atoms with E-state index in [4.69, 9.17) is 13.9 Å². The van der Waals surface area contributed by atoms with E-state index in [0.29, 0.717) is 38.7 Å². The second kappa shape index (κ2) is 9.40. The Morgan fingerprint density at radius 2 is 1.85 bits per heavy atom. The number of morpholine rings is 1. The molecule has 3 aromatic rings. The largest absolute Gasteiger partial charge is 0.490 e. The van der Waals surface area contributed by atoms with Gasteiger partial charge >= 0.3 is 0 Å². The fraction of sp³-hybridized carbons (Fsp3) is 0.308. The minimum absolute atomic E-state index is 0.0167. The monoisotopic (exact) mass is 464 g/mol. The first kappa shape index (κ1) is 22.3. The highest BCUT2D eigenvalue weighted by atomic mass is 19.1. The Morgan fingerprint density at radius 1 is 1.09 bits per heavy atom. The van der Waals surface area contributed by atoms with Gasteiger partial charge in [0.15, 0.2) is 5.43 Å². The molecule has 2 aliphatic rings. The average Bonchev–Trinajstić information content (AvgIpc) is 3.14. The zero-order valence-electron chi connectivity index (χ0n) is 18.7. The van der Waals surface area contributed by atoms with Gasteiger partial charge in [-0.1, -0.05) is 24.8 Å². The molecule has 1 saturated heterocycles.